The van der Waals surface area contributed by atoms with Crippen LogP contribution in [-0.4, -0.2) is 20.2 Å². The van der Waals surface area contributed by atoms with Crippen molar-refractivity contribution in [3.63, 3.8) is 0 Å². The standard InChI is InChI=1S/C22H24N2O2/c1-15(2)4-3-5-20-22(17-8-12-19(26)13-9-17)23-14-21(24-20)16-6-10-18(25)11-7-16/h6-15,25-26H,3-5H2,1-2H3. The molecule has 3 aromatic rings. The van der Waals surface area contributed by atoms with Crippen molar-refractivity contribution in [3.8, 4) is 34.0 Å². The zero-order valence-corrected chi connectivity index (χ0v) is 15.2. The van der Waals surface area contributed by atoms with Crippen LogP contribution in [0.3, 0.4) is 0 Å². The van der Waals surface area contributed by atoms with E-state index in [2.05, 4.69) is 18.8 Å². The molecule has 0 aliphatic heterocycles. The van der Waals surface area contributed by atoms with E-state index in [1.165, 1.54) is 0 Å². The Labute approximate surface area is 154 Å². The maximum absolute atomic E-state index is 9.53. The van der Waals surface area contributed by atoms with E-state index in [1.54, 1.807) is 30.5 Å². The van der Waals surface area contributed by atoms with Crippen molar-refractivity contribution in [2.24, 2.45) is 5.92 Å². The minimum Gasteiger partial charge on any atom is -0.508 e. The molecule has 0 bridgehead atoms. The van der Waals surface area contributed by atoms with Crippen molar-refractivity contribution < 1.29 is 10.2 Å². The Bertz CT molecular complexity index is 856. The van der Waals surface area contributed by atoms with Crippen LogP contribution in [-0.2, 0) is 6.42 Å². The van der Waals surface area contributed by atoms with Crippen LogP contribution in [0.2, 0.25) is 0 Å². The molecular weight excluding hydrogens is 324 g/mol. The highest BCUT2D eigenvalue weighted by Crippen LogP contribution is 2.27. The maximum atomic E-state index is 9.53. The van der Waals surface area contributed by atoms with Gasteiger partial charge in [0.05, 0.1) is 23.3 Å². The second-order valence-corrected chi connectivity index (χ2v) is 6.93. The Hall–Kier alpha value is -2.88. The lowest BCUT2D eigenvalue weighted by molar-refractivity contribution is 0.475. The predicted octanol–water partition coefficient (Wildman–Crippen LogP) is 5.20. The molecule has 0 saturated heterocycles. The molecule has 2 aromatic carbocycles. The van der Waals surface area contributed by atoms with Gasteiger partial charge in [0, 0.05) is 11.1 Å². The molecule has 0 radical (unpaired) electrons. The average Bonchev–Trinajstić information content (AvgIpc) is 2.63. The topological polar surface area (TPSA) is 66.2 Å². The molecule has 0 amide bonds. The summed E-state index contributed by atoms with van der Waals surface area (Å²) in [5.74, 6) is 1.13. The quantitative estimate of drug-likeness (QED) is 0.642. The van der Waals surface area contributed by atoms with E-state index in [9.17, 15) is 10.2 Å². The summed E-state index contributed by atoms with van der Waals surface area (Å²) < 4.78 is 0. The average molecular weight is 348 g/mol. The second kappa shape index (κ2) is 8.00. The van der Waals surface area contributed by atoms with Gasteiger partial charge in [-0.05, 0) is 67.3 Å². The van der Waals surface area contributed by atoms with Crippen LogP contribution in [0.5, 0.6) is 11.5 Å². The molecule has 3 rings (SSSR count). The van der Waals surface area contributed by atoms with E-state index in [0.717, 1.165) is 47.5 Å². The molecule has 4 heteroatoms. The highest BCUT2D eigenvalue weighted by molar-refractivity contribution is 5.66. The normalized spacial score (nSPS) is 11.0. The summed E-state index contributed by atoms with van der Waals surface area (Å²) in [7, 11) is 0. The number of nitrogens with zero attached hydrogens (tertiary/aromatic N) is 2. The van der Waals surface area contributed by atoms with E-state index in [0.29, 0.717) is 5.92 Å². The largest absolute Gasteiger partial charge is 0.508 e. The first-order valence-electron chi connectivity index (χ1n) is 8.97. The number of aryl methyl sites for hydroxylation is 1. The van der Waals surface area contributed by atoms with Crippen LogP contribution >= 0.6 is 0 Å². The smallest absolute Gasteiger partial charge is 0.115 e. The summed E-state index contributed by atoms with van der Waals surface area (Å²) >= 11 is 0. The van der Waals surface area contributed by atoms with Gasteiger partial charge in [-0.25, -0.2) is 4.98 Å². The number of hydrogen-bond acceptors (Lipinski definition) is 4. The molecular formula is C22H24N2O2. The number of hydrogen-bond donors (Lipinski definition) is 2. The van der Waals surface area contributed by atoms with Crippen LogP contribution in [0.15, 0.2) is 54.7 Å². The third-order valence-corrected chi connectivity index (χ3v) is 4.34. The van der Waals surface area contributed by atoms with Crippen molar-refractivity contribution >= 4 is 0 Å². The maximum Gasteiger partial charge on any atom is 0.115 e. The van der Waals surface area contributed by atoms with Crippen molar-refractivity contribution in [1.82, 2.24) is 9.97 Å². The summed E-state index contributed by atoms with van der Waals surface area (Å²) in [6, 6.07) is 14.1. The van der Waals surface area contributed by atoms with Crippen molar-refractivity contribution in [2.75, 3.05) is 0 Å². The predicted molar refractivity (Wildman–Crippen MR) is 104 cm³/mol. The minimum absolute atomic E-state index is 0.236. The Balaban J connectivity index is 1.97. The van der Waals surface area contributed by atoms with E-state index < -0.39 is 0 Å². The fourth-order valence-corrected chi connectivity index (χ4v) is 2.91. The summed E-state index contributed by atoms with van der Waals surface area (Å²) in [5, 5.41) is 19.0. The van der Waals surface area contributed by atoms with Crippen LogP contribution in [0, 0.1) is 5.92 Å². The number of phenols is 2. The van der Waals surface area contributed by atoms with Gasteiger partial charge in [0.1, 0.15) is 11.5 Å². The summed E-state index contributed by atoms with van der Waals surface area (Å²) in [4.78, 5) is 9.53. The molecule has 4 nitrogen and oxygen atoms in total. The fraction of sp³-hybridized carbons (Fsp3) is 0.273. The van der Waals surface area contributed by atoms with Gasteiger partial charge in [-0.15, -0.1) is 0 Å². The molecule has 26 heavy (non-hydrogen) atoms. The molecule has 1 aromatic heterocycles. The Morgan fingerprint density at radius 3 is 2.00 bits per heavy atom. The van der Waals surface area contributed by atoms with Gasteiger partial charge in [-0.2, -0.15) is 0 Å². The molecule has 0 aliphatic carbocycles. The van der Waals surface area contributed by atoms with Gasteiger partial charge in [0.15, 0.2) is 0 Å². The van der Waals surface area contributed by atoms with E-state index in [1.807, 2.05) is 24.3 Å². The lowest BCUT2D eigenvalue weighted by atomic mass is 10.0. The Morgan fingerprint density at radius 2 is 1.42 bits per heavy atom. The fourth-order valence-electron chi connectivity index (χ4n) is 2.91. The number of benzene rings is 2. The zero-order chi connectivity index (χ0) is 18.5. The van der Waals surface area contributed by atoms with Gasteiger partial charge in [-0.1, -0.05) is 20.3 Å². The number of aromatic hydroxyl groups is 2. The van der Waals surface area contributed by atoms with Crippen LogP contribution < -0.4 is 0 Å². The monoisotopic (exact) mass is 348 g/mol. The van der Waals surface area contributed by atoms with E-state index >= 15 is 0 Å². The van der Waals surface area contributed by atoms with E-state index in [-0.39, 0.29) is 11.5 Å². The van der Waals surface area contributed by atoms with Crippen molar-refractivity contribution in [3.05, 3.63) is 60.4 Å². The lowest BCUT2D eigenvalue weighted by Gasteiger charge is -2.12. The SMILES string of the molecule is CC(C)CCCc1nc(-c2ccc(O)cc2)cnc1-c1ccc(O)cc1. The second-order valence-electron chi connectivity index (χ2n) is 6.93. The molecule has 2 N–H and O–H groups in total. The molecule has 0 atom stereocenters. The van der Waals surface area contributed by atoms with Gasteiger partial charge < -0.3 is 10.2 Å². The van der Waals surface area contributed by atoms with E-state index in [4.69, 9.17) is 4.98 Å². The molecule has 0 saturated carbocycles. The Kier molecular flexibility index (Phi) is 5.52. The van der Waals surface area contributed by atoms with Crippen LogP contribution in [0.4, 0.5) is 0 Å². The first-order valence-corrected chi connectivity index (χ1v) is 8.97. The zero-order valence-electron chi connectivity index (χ0n) is 15.2. The van der Waals surface area contributed by atoms with Crippen molar-refractivity contribution in [1.29, 1.82) is 0 Å². The third-order valence-electron chi connectivity index (χ3n) is 4.34. The third kappa shape index (κ3) is 4.39. The number of aromatic nitrogens is 2. The van der Waals surface area contributed by atoms with Gasteiger partial charge in [0.25, 0.3) is 0 Å². The number of rotatable bonds is 6. The molecule has 134 valence electrons. The van der Waals surface area contributed by atoms with Crippen LogP contribution in [0.25, 0.3) is 22.5 Å². The first-order chi connectivity index (χ1) is 12.5. The van der Waals surface area contributed by atoms with Gasteiger partial charge in [-0.3, -0.25) is 4.98 Å². The Morgan fingerprint density at radius 1 is 0.846 bits per heavy atom. The molecule has 0 unspecified atom stereocenters. The van der Waals surface area contributed by atoms with Gasteiger partial charge in [0.2, 0.25) is 0 Å². The van der Waals surface area contributed by atoms with Gasteiger partial charge >= 0.3 is 0 Å². The summed E-state index contributed by atoms with van der Waals surface area (Å²) in [6.45, 7) is 4.44. The summed E-state index contributed by atoms with van der Waals surface area (Å²) in [6.07, 6.45) is 4.81. The highest BCUT2D eigenvalue weighted by atomic mass is 16.3. The highest BCUT2D eigenvalue weighted by Gasteiger charge is 2.12. The van der Waals surface area contributed by atoms with Crippen LogP contribution in [0.1, 0.15) is 32.4 Å². The minimum atomic E-state index is 0.236. The molecule has 0 spiro atoms. The van der Waals surface area contributed by atoms with Crippen molar-refractivity contribution in [2.45, 2.75) is 33.1 Å². The molecule has 1 heterocycles. The lowest BCUT2D eigenvalue weighted by Crippen LogP contribution is -2.01. The summed E-state index contributed by atoms with van der Waals surface area (Å²) in [5.41, 5.74) is 4.50. The first kappa shape index (κ1) is 17.9. The molecule has 0 aliphatic rings. The number of phenolic OH excluding ortho intramolecular Hbond substituents is 2. The molecule has 0 fully saturated rings.